The third-order valence-corrected chi connectivity index (χ3v) is 4.57. The third-order valence-electron chi connectivity index (χ3n) is 4.57. The minimum Gasteiger partial charge on any atom is -0.398 e. The molecule has 0 bridgehead atoms. The molecule has 4 heteroatoms. The molecule has 2 atom stereocenters. The molecule has 0 heterocycles. The van der Waals surface area contributed by atoms with E-state index in [0.717, 1.165) is 17.2 Å². The van der Waals surface area contributed by atoms with Gasteiger partial charge in [0.25, 0.3) is 0 Å². The fourth-order valence-electron chi connectivity index (χ4n) is 2.47. The number of nitrogen functional groups attached to an aromatic ring is 1. The van der Waals surface area contributed by atoms with Crippen LogP contribution in [0.2, 0.25) is 0 Å². The zero-order valence-electron chi connectivity index (χ0n) is 12.8. The van der Waals surface area contributed by atoms with E-state index in [1.54, 1.807) is 0 Å². The number of nitrogens with two attached hydrogens (primary N) is 1. The normalized spacial score (nSPS) is 17.9. The van der Waals surface area contributed by atoms with Crippen LogP contribution in [0.1, 0.15) is 32.3 Å². The summed E-state index contributed by atoms with van der Waals surface area (Å²) in [6, 6.07) is 5.90. The van der Waals surface area contributed by atoms with Crippen molar-refractivity contribution in [1.82, 2.24) is 4.90 Å². The topological polar surface area (TPSA) is 58.4 Å². The number of hydrogen-bond acceptors (Lipinski definition) is 3. The molecule has 110 valence electrons. The number of likely N-dealkylation sites (N-methyl/N-ethyl adjacent to an activating group) is 1. The van der Waals surface area contributed by atoms with Gasteiger partial charge in [-0.15, -0.1) is 0 Å². The number of amides is 1. The number of anilines is 2. The van der Waals surface area contributed by atoms with Crippen molar-refractivity contribution in [1.29, 1.82) is 0 Å². The molecular formula is C16H25N3O. The smallest absolute Gasteiger partial charge is 0.241 e. The molecule has 0 saturated heterocycles. The maximum absolute atomic E-state index is 12.4. The summed E-state index contributed by atoms with van der Waals surface area (Å²) in [7, 11) is 2.03. The van der Waals surface area contributed by atoms with Crippen LogP contribution in [0.25, 0.3) is 0 Å². The lowest BCUT2D eigenvalue weighted by molar-refractivity contribution is -0.121. The van der Waals surface area contributed by atoms with E-state index in [9.17, 15) is 4.79 Å². The number of rotatable bonds is 5. The van der Waals surface area contributed by atoms with E-state index in [0.29, 0.717) is 11.7 Å². The van der Waals surface area contributed by atoms with Gasteiger partial charge in [-0.05, 0) is 64.3 Å². The molecule has 0 aliphatic heterocycles. The molecule has 0 radical (unpaired) electrons. The second-order valence-corrected chi connectivity index (χ2v) is 5.93. The Hall–Kier alpha value is -1.55. The zero-order chi connectivity index (χ0) is 14.9. The minimum absolute atomic E-state index is 0.0219. The molecular weight excluding hydrogens is 250 g/mol. The van der Waals surface area contributed by atoms with Gasteiger partial charge >= 0.3 is 0 Å². The van der Waals surface area contributed by atoms with Gasteiger partial charge in [-0.1, -0.05) is 6.07 Å². The molecule has 1 aromatic rings. The molecule has 1 aliphatic rings. The van der Waals surface area contributed by atoms with Gasteiger partial charge < -0.3 is 11.1 Å². The largest absolute Gasteiger partial charge is 0.398 e. The number of nitrogens with zero attached hydrogens (tertiary/aromatic N) is 1. The average molecular weight is 275 g/mol. The molecule has 1 fully saturated rings. The van der Waals surface area contributed by atoms with Gasteiger partial charge in [0.1, 0.15) is 0 Å². The highest BCUT2D eigenvalue weighted by Crippen LogP contribution is 2.35. The summed E-state index contributed by atoms with van der Waals surface area (Å²) >= 11 is 0. The van der Waals surface area contributed by atoms with Gasteiger partial charge in [-0.2, -0.15) is 0 Å². The van der Waals surface area contributed by atoms with Crippen LogP contribution in [-0.4, -0.2) is 29.9 Å². The van der Waals surface area contributed by atoms with Crippen molar-refractivity contribution in [2.45, 2.75) is 45.7 Å². The van der Waals surface area contributed by atoms with Crippen LogP contribution < -0.4 is 11.1 Å². The summed E-state index contributed by atoms with van der Waals surface area (Å²) in [6.45, 7) is 6.08. The SMILES string of the molecule is Cc1c(N)cccc1NC(=O)C(C)N(C)C(C)C1CC1. The highest BCUT2D eigenvalue weighted by Gasteiger charge is 2.33. The second kappa shape index (κ2) is 5.83. The first-order valence-corrected chi connectivity index (χ1v) is 7.29. The first kappa shape index (κ1) is 14.9. The number of hydrogen-bond donors (Lipinski definition) is 2. The standard InChI is InChI=1S/C16H25N3O/c1-10-14(17)6-5-7-15(10)18-16(20)12(3)19(4)11(2)13-8-9-13/h5-7,11-13H,8-9,17H2,1-4H3,(H,18,20). The zero-order valence-corrected chi connectivity index (χ0v) is 12.8. The summed E-state index contributed by atoms with van der Waals surface area (Å²) in [4.78, 5) is 14.5. The van der Waals surface area contributed by atoms with E-state index >= 15 is 0 Å². The van der Waals surface area contributed by atoms with E-state index in [4.69, 9.17) is 5.73 Å². The van der Waals surface area contributed by atoms with Gasteiger partial charge in [0.05, 0.1) is 6.04 Å². The summed E-state index contributed by atoms with van der Waals surface area (Å²) in [5.41, 5.74) is 8.29. The predicted octanol–water partition coefficient (Wildman–Crippen LogP) is 2.63. The van der Waals surface area contributed by atoms with Crippen LogP contribution >= 0.6 is 0 Å². The van der Waals surface area contributed by atoms with Crippen LogP contribution in [0.5, 0.6) is 0 Å². The molecule has 3 N–H and O–H groups in total. The number of nitrogens with one attached hydrogen (secondary N) is 1. The van der Waals surface area contributed by atoms with Crippen LogP contribution in [0.3, 0.4) is 0 Å². The van der Waals surface area contributed by atoms with E-state index < -0.39 is 0 Å². The van der Waals surface area contributed by atoms with Crippen LogP contribution in [0.4, 0.5) is 11.4 Å². The summed E-state index contributed by atoms with van der Waals surface area (Å²) < 4.78 is 0. The molecule has 0 spiro atoms. The van der Waals surface area contributed by atoms with Crippen molar-refractivity contribution < 1.29 is 4.79 Å². The molecule has 1 saturated carbocycles. The predicted molar refractivity (Wildman–Crippen MR) is 83.6 cm³/mol. The van der Waals surface area contributed by atoms with Gasteiger partial charge in [0.2, 0.25) is 5.91 Å². The van der Waals surface area contributed by atoms with Crippen molar-refractivity contribution in [3.63, 3.8) is 0 Å². The molecule has 1 amide bonds. The monoisotopic (exact) mass is 275 g/mol. The van der Waals surface area contributed by atoms with Crippen molar-refractivity contribution in [2.75, 3.05) is 18.1 Å². The van der Waals surface area contributed by atoms with E-state index in [-0.39, 0.29) is 11.9 Å². The van der Waals surface area contributed by atoms with Crippen molar-refractivity contribution in [2.24, 2.45) is 5.92 Å². The Morgan fingerprint density at radius 2 is 2.05 bits per heavy atom. The van der Waals surface area contributed by atoms with E-state index in [1.165, 1.54) is 12.8 Å². The molecule has 4 nitrogen and oxygen atoms in total. The van der Waals surface area contributed by atoms with Crippen LogP contribution in [-0.2, 0) is 4.79 Å². The van der Waals surface area contributed by atoms with E-state index in [2.05, 4.69) is 17.1 Å². The average Bonchev–Trinajstić information content (AvgIpc) is 3.25. The van der Waals surface area contributed by atoms with Gasteiger partial charge in [0.15, 0.2) is 0 Å². The fraction of sp³-hybridized carbons (Fsp3) is 0.562. The first-order chi connectivity index (χ1) is 9.41. The Bertz CT molecular complexity index is 496. The number of carbonyl (C=O) groups is 1. The Labute approximate surface area is 121 Å². The van der Waals surface area contributed by atoms with Crippen LogP contribution in [0.15, 0.2) is 18.2 Å². The van der Waals surface area contributed by atoms with E-state index in [1.807, 2.05) is 39.1 Å². The molecule has 1 aliphatic carbocycles. The van der Waals surface area contributed by atoms with Gasteiger partial charge in [0, 0.05) is 17.4 Å². The fourth-order valence-corrected chi connectivity index (χ4v) is 2.47. The third kappa shape index (κ3) is 3.12. The molecule has 2 rings (SSSR count). The summed E-state index contributed by atoms with van der Waals surface area (Å²) in [5, 5.41) is 2.99. The number of benzene rings is 1. The molecule has 20 heavy (non-hydrogen) atoms. The lowest BCUT2D eigenvalue weighted by Crippen LogP contribution is -2.45. The Balaban J connectivity index is 2.01. The lowest BCUT2D eigenvalue weighted by atomic mass is 10.1. The first-order valence-electron chi connectivity index (χ1n) is 7.29. The number of carbonyl (C=O) groups excluding carboxylic acids is 1. The Morgan fingerprint density at radius 1 is 1.40 bits per heavy atom. The molecule has 2 unspecified atom stereocenters. The van der Waals surface area contributed by atoms with Gasteiger partial charge in [-0.3, -0.25) is 9.69 Å². The van der Waals surface area contributed by atoms with Crippen molar-refractivity contribution in [3.8, 4) is 0 Å². The lowest BCUT2D eigenvalue weighted by Gasteiger charge is -2.30. The molecule has 0 aromatic heterocycles. The molecule has 1 aromatic carbocycles. The summed E-state index contributed by atoms with van der Waals surface area (Å²) in [5.74, 6) is 0.776. The van der Waals surface area contributed by atoms with Gasteiger partial charge in [-0.25, -0.2) is 0 Å². The second-order valence-electron chi connectivity index (χ2n) is 5.93. The minimum atomic E-state index is -0.147. The highest BCUT2D eigenvalue weighted by molar-refractivity contribution is 5.95. The maximum atomic E-state index is 12.4. The highest BCUT2D eigenvalue weighted by atomic mass is 16.2. The van der Waals surface area contributed by atoms with Crippen LogP contribution in [0, 0.1) is 12.8 Å². The Kier molecular flexibility index (Phi) is 4.33. The van der Waals surface area contributed by atoms with Crippen molar-refractivity contribution >= 4 is 17.3 Å². The van der Waals surface area contributed by atoms with Crippen molar-refractivity contribution in [3.05, 3.63) is 23.8 Å². The quantitative estimate of drug-likeness (QED) is 0.812. The maximum Gasteiger partial charge on any atom is 0.241 e. The Morgan fingerprint density at radius 3 is 2.65 bits per heavy atom. The summed E-state index contributed by atoms with van der Waals surface area (Å²) in [6.07, 6.45) is 2.57.